The maximum atomic E-state index is 11.0. The van der Waals surface area contributed by atoms with E-state index in [1.807, 2.05) is 0 Å². The molecular weight excluding hydrogens is 248 g/mol. The second-order valence-electron chi connectivity index (χ2n) is 3.97. The first kappa shape index (κ1) is 15.2. The van der Waals surface area contributed by atoms with Gasteiger partial charge in [0.25, 0.3) is 0 Å². The van der Waals surface area contributed by atoms with Gasteiger partial charge in [0.15, 0.2) is 5.75 Å². The van der Waals surface area contributed by atoms with Gasteiger partial charge in [-0.15, -0.1) is 0 Å². The van der Waals surface area contributed by atoms with Crippen LogP contribution in [0.3, 0.4) is 0 Å². The third kappa shape index (κ3) is 4.75. The van der Waals surface area contributed by atoms with Crippen molar-refractivity contribution in [2.24, 2.45) is 0 Å². The molecule has 1 N–H and O–H groups in total. The zero-order valence-corrected chi connectivity index (χ0v) is 11.3. The summed E-state index contributed by atoms with van der Waals surface area (Å²) in [6.45, 7) is 3.52. The molecule has 0 aliphatic heterocycles. The van der Waals surface area contributed by atoms with Crippen molar-refractivity contribution in [2.75, 3.05) is 32.2 Å². The highest BCUT2D eigenvalue weighted by atomic mass is 16.6. The summed E-state index contributed by atoms with van der Waals surface area (Å²) in [6, 6.07) is 4.94. The number of anilines is 1. The van der Waals surface area contributed by atoms with Gasteiger partial charge in [0.2, 0.25) is 0 Å². The van der Waals surface area contributed by atoms with Crippen LogP contribution in [0.15, 0.2) is 18.2 Å². The Kier molecular flexibility index (Phi) is 6.67. The van der Waals surface area contributed by atoms with Crippen LogP contribution in [-0.2, 0) is 4.74 Å². The van der Waals surface area contributed by atoms with Gasteiger partial charge in [0.05, 0.1) is 11.5 Å². The van der Waals surface area contributed by atoms with Crippen LogP contribution in [0.1, 0.15) is 19.8 Å². The lowest BCUT2D eigenvalue weighted by molar-refractivity contribution is -0.385. The van der Waals surface area contributed by atoms with Crippen molar-refractivity contribution >= 4 is 11.4 Å². The highest BCUT2D eigenvalue weighted by molar-refractivity contribution is 5.68. The Morgan fingerprint density at radius 2 is 2.11 bits per heavy atom. The Hall–Kier alpha value is -1.82. The Labute approximate surface area is 112 Å². The number of rotatable bonds is 9. The summed E-state index contributed by atoms with van der Waals surface area (Å²) in [5, 5.41) is 13.8. The highest BCUT2D eigenvalue weighted by Gasteiger charge is 2.19. The normalized spacial score (nSPS) is 10.2. The van der Waals surface area contributed by atoms with Crippen LogP contribution >= 0.6 is 0 Å². The quantitative estimate of drug-likeness (QED) is 0.423. The van der Waals surface area contributed by atoms with E-state index in [9.17, 15) is 10.1 Å². The van der Waals surface area contributed by atoms with Gasteiger partial charge in [0.1, 0.15) is 12.3 Å². The molecule has 0 bridgehead atoms. The van der Waals surface area contributed by atoms with Crippen molar-refractivity contribution < 1.29 is 14.4 Å². The molecule has 6 nitrogen and oxygen atoms in total. The first-order chi connectivity index (χ1) is 9.20. The van der Waals surface area contributed by atoms with E-state index in [0.717, 1.165) is 12.8 Å². The number of hydrogen-bond donors (Lipinski definition) is 1. The average Bonchev–Trinajstić information content (AvgIpc) is 2.42. The highest BCUT2D eigenvalue weighted by Crippen LogP contribution is 2.34. The van der Waals surface area contributed by atoms with Crippen molar-refractivity contribution in [3.63, 3.8) is 0 Å². The maximum absolute atomic E-state index is 11.0. The second kappa shape index (κ2) is 8.31. The van der Waals surface area contributed by atoms with Gasteiger partial charge in [-0.1, -0.05) is 19.4 Å². The molecule has 0 aliphatic rings. The number of nitro groups is 1. The molecule has 1 aromatic carbocycles. The first-order valence-corrected chi connectivity index (χ1v) is 6.36. The number of benzene rings is 1. The summed E-state index contributed by atoms with van der Waals surface area (Å²) >= 11 is 0. The van der Waals surface area contributed by atoms with E-state index in [-0.39, 0.29) is 11.4 Å². The van der Waals surface area contributed by atoms with E-state index in [0.29, 0.717) is 25.5 Å². The van der Waals surface area contributed by atoms with Gasteiger partial charge in [-0.2, -0.15) is 0 Å². The molecule has 1 rings (SSSR count). The monoisotopic (exact) mass is 268 g/mol. The lowest BCUT2D eigenvalue weighted by Crippen LogP contribution is -2.09. The Morgan fingerprint density at radius 3 is 2.74 bits per heavy atom. The summed E-state index contributed by atoms with van der Waals surface area (Å²) in [4.78, 5) is 10.6. The molecule has 0 amide bonds. The van der Waals surface area contributed by atoms with E-state index >= 15 is 0 Å². The van der Waals surface area contributed by atoms with Crippen molar-refractivity contribution in [3.05, 3.63) is 28.3 Å². The number of nitrogens with one attached hydrogen (secondary N) is 1. The van der Waals surface area contributed by atoms with Crippen LogP contribution in [0.4, 0.5) is 11.4 Å². The average molecular weight is 268 g/mol. The standard InChI is InChI=1S/C13H20N2O4/c1-3-4-8-18-9-10-19-12-7-5-6-11(14-2)13(12)15(16)17/h5-7,14H,3-4,8-10H2,1-2H3. The zero-order valence-electron chi connectivity index (χ0n) is 11.3. The second-order valence-corrected chi connectivity index (χ2v) is 3.97. The Morgan fingerprint density at radius 1 is 1.32 bits per heavy atom. The van der Waals surface area contributed by atoms with E-state index in [1.165, 1.54) is 0 Å². The molecule has 0 aromatic heterocycles. The Balaban J connectivity index is 2.55. The van der Waals surface area contributed by atoms with Crippen LogP contribution in [0, 0.1) is 10.1 Å². The molecule has 0 saturated carbocycles. The van der Waals surface area contributed by atoms with Crippen LogP contribution in [0.5, 0.6) is 5.75 Å². The Bertz CT molecular complexity index is 410. The number of hydrogen-bond acceptors (Lipinski definition) is 5. The van der Waals surface area contributed by atoms with Gasteiger partial charge >= 0.3 is 5.69 Å². The fourth-order valence-corrected chi connectivity index (χ4v) is 1.59. The van der Waals surface area contributed by atoms with E-state index in [1.54, 1.807) is 25.2 Å². The zero-order chi connectivity index (χ0) is 14.1. The lowest BCUT2D eigenvalue weighted by Gasteiger charge is -2.09. The van der Waals surface area contributed by atoms with Crippen molar-refractivity contribution in [1.29, 1.82) is 0 Å². The summed E-state index contributed by atoms with van der Waals surface area (Å²) in [6.07, 6.45) is 2.09. The predicted molar refractivity (Wildman–Crippen MR) is 73.9 cm³/mol. The first-order valence-electron chi connectivity index (χ1n) is 6.36. The molecule has 0 unspecified atom stereocenters. The molecule has 19 heavy (non-hydrogen) atoms. The third-order valence-corrected chi connectivity index (χ3v) is 2.58. The number of unbranched alkanes of at least 4 members (excludes halogenated alkanes) is 1. The summed E-state index contributed by atoms with van der Waals surface area (Å²) in [5.74, 6) is 0.260. The van der Waals surface area contributed by atoms with Crippen LogP contribution in [0.2, 0.25) is 0 Å². The van der Waals surface area contributed by atoms with Gasteiger partial charge in [-0.05, 0) is 18.6 Å². The number of para-hydroxylation sites is 1. The molecule has 0 spiro atoms. The number of nitro benzene ring substituents is 1. The summed E-state index contributed by atoms with van der Waals surface area (Å²) in [5.41, 5.74) is 0.396. The molecule has 0 radical (unpaired) electrons. The molecule has 0 saturated heterocycles. The SMILES string of the molecule is CCCCOCCOc1cccc(NC)c1[N+](=O)[O-]. The third-order valence-electron chi connectivity index (χ3n) is 2.58. The van der Waals surface area contributed by atoms with Gasteiger partial charge in [-0.25, -0.2) is 0 Å². The number of nitrogens with zero attached hydrogens (tertiary/aromatic N) is 1. The van der Waals surface area contributed by atoms with Gasteiger partial charge < -0.3 is 14.8 Å². The van der Waals surface area contributed by atoms with Crippen LogP contribution in [0.25, 0.3) is 0 Å². The molecule has 0 fully saturated rings. The molecule has 1 aromatic rings. The minimum absolute atomic E-state index is 0.0430. The molecule has 0 atom stereocenters. The maximum Gasteiger partial charge on any atom is 0.333 e. The van der Waals surface area contributed by atoms with Crippen LogP contribution in [-0.4, -0.2) is 31.8 Å². The van der Waals surface area contributed by atoms with E-state index < -0.39 is 4.92 Å². The summed E-state index contributed by atoms with van der Waals surface area (Å²) in [7, 11) is 1.64. The molecule has 0 heterocycles. The van der Waals surface area contributed by atoms with Crippen molar-refractivity contribution in [2.45, 2.75) is 19.8 Å². The smallest absolute Gasteiger partial charge is 0.333 e. The fourth-order valence-electron chi connectivity index (χ4n) is 1.59. The molecule has 0 aliphatic carbocycles. The summed E-state index contributed by atoms with van der Waals surface area (Å²) < 4.78 is 10.8. The van der Waals surface area contributed by atoms with Crippen molar-refractivity contribution in [1.82, 2.24) is 0 Å². The number of ether oxygens (including phenoxy) is 2. The molecular formula is C13H20N2O4. The molecule has 6 heteroatoms. The van der Waals surface area contributed by atoms with E-state index in [2.05, 4.69) is 12.2 Å². The van der Waals surface area contributed by atoms with Gasteiger partial charge in [0, 0.05) is 13.7 Å². The lowest BCUT2D eigenvalue weighted by atomic mass is 10.2. The largest absolute Gasteiger partial charge is 0.484 e. The van der Waals surface area contributed by atoms with Crippen LogP contribution < -0.4 is 10.1 Å². The van der Waals surface area contributed by atoms with Crippen molar-refractivity contribution in [3.8, 4) is 5.75 Å². The fraction of sp³-hybridized carbons (Fsp3) is 0.538. The predicted octanol–water partition coefficient (Wildman–Crippen LogP) is 2.83. The minimum atomic E-state index is -0.445. The minimum Gasteiger partial charge on any atom is -0.484 e. The van der Waals surface area contributed by atoms with E-state index in [4.69, 9.17) is 9.47 Å². The van der Waals surface area contributed by atoms with Gasteiger partial charge in [-0.3, -0.25) is 10.1 Å². The topological polar surface area (TPSA) is 73.6 Å². The molecule has 106 valence electrons.